The number of nitrogens with one attached hydrogen (secondary N) is 1. The summed E-state index contributed by atoms with van der Waals surface area (Å²) >= 11 is 0. The van der Waals surface area contributed by atoms with Crippen molar-refractivity contribution in [3.63, 3.8) is 0 Å². The lowest BCUT2D eigenvalue weighted by molar-refractivity contribution is -0.123. The van der Waals surface area contributed by atoms with E-state index in [1.54, 1.807) is 0 Å². The van der Waals surface area contributed by atoms with Crippen molar-refractivity contribution in [1.29, 1.82) is 0 Å². The quantitative estimate of drug-likeness (QED) is 0.741. The minimum atomic E-state index is -0.330. The van der Waals surface area contributed by atoms with Crippen LogP contribution in [-0.2, 0) is 4.79 Å². The molecule has 1 amide bonds. The van der Waals surface area contributed by atoms with Gasteiger partial charge in [0.05, 0.1) is 5.60 Å². The number of fused-ring (bicyclic) bond motifs is 3. The molecule has 4 aliphatic carbocycles. The van der Waals surface area contributed by atoms with Crippen molar-refractivity contribution in [3.8, 4) is 0 Å². The van der Waals surface area contributed by atoms with E-state index in [4.69, 9.17) is 5.73 Å². The maximum absolute atomic E-state index is 11.5. The first kappa shape index (κ1) is 14.0. The van der Waals surface area contributed by atoms with Crippen molar-refractivity contribution in [1.82, 2.24) is 5.32 Å². The van der Waals surface area contributed by atoms with E-state index >= 15 is 0 Å². The molecule has 4 heteroatoms. The van der Waals surface area contributed by atoms with E-state index in [1.165, 1.54) is 32.1 Å². The lowest BCUT2D eigenvalue weighted by atomic mass is 9.57. The first-order chi connectivity index (χ1) is 9.95. The van der Waals surface area contributed by atoms with Crippen molar-refractivity contribution in [3.05, 3.63) is 0 Å². The second-order valence-corrected chi connectivity index (χ2v) is 8.50. The van der Waals surface area contributed by atoms with Crippen molar-refractivity contribution < 1.29 is 9.90 Å². The molecule has 118 valence electrons. The molecule has 21 heavy (non-hydrogen) atoms. The highest BCUT2D eigenvalue weighted by Gasteiger charge is 2.59. The summed E-state index contributed by atoms with van der Waals surface area (Å²) in [6.07, 6.45) is 11.0. The molecule has 5 rings (SSSR count). The van der Waals surface area contributed by atoms with Gasteiger partial charge in [-0.25, -0.2) is 0 Å². The van der Waals surface area contributed by atoms with Crippen molar-refractivity contribution in [2.24, 2.45) is 23.0 Å². The molecule has 1 saturated heterocycles. The summed E-state index contributed by atoms with van der Waals surface area (Å²) in [4.78, 5) is 11.5. The van der Waals surface area contributed by atoms with Gasteiger partial charge in [-0.15, -0.1) is 0 Å². The van der Waals surface area contributed by atoms with Crippen molar-refractivity contribution >= 4 is 5.91 Å². The standard InChI is InChI=1S/C17H28N2O2/c18-14(20)12-1-8-19-17(9-12)11-13(17)10-15-2-5-16(21,6-3-15)7-4-15/h12-13,19,21H,1-11H2,(H2,18,20). The number of hydrogen-bond donors (Lipinski definition) is 3. The number of rotatable bonds is 3. The fraction of sp³-hybridized carbons (Fsp3) is 0.941. The molecule has 0 aromatic heterocycles. The Labute approximate surface area is 126 Å². The third kappa shape index (κ3) is 2.31. The average molecular weight is 292 g/mol. The first-order valence-electron chi connectivity index (χ1n) is 8.71. The van der Waals surface area contributed by atoms with Crippen LogP contribution in [0.5, 0.6) is 0 Å². The number of carbonyl (C=O) groups is 1. The zero-order valence-corrected chi connectivity index (χ0v) is 12.9. The number of piperidine rings is 1. The molecule has 1 spiro atoms. The van der Waals surface area contributed by atoms with Crippen LogP contribution in [0, 0.1) is 17.3 Å². The van der Waals surface area contributed by atoms with Gasteiger partial charge >= 0.3 is 0 Å². The summed E-state index contributed by atoms with van der Waals surface area (Å²) in [5, 5.41) is 14.1. The van der Waals surface area contributed by atoms with Crippen LogP contribution in [0.3, 0.4) is 0 Å². The molecule has 4 N–H and O–H groups in total. The minimum absolute atomic E-state index is 0.0801. The molecule has 3 atom stereocenters. The molecule has 3 unspecified atom stereocenters. The van der Waals surface area contributed by atoms with Crippen LogP contribution in [0.25, 0.3) is 0 Å². The number of aliphatic hydroxyl groups is 1. The topological polar surface area (TPSA) is 75.4 Å². The van der Waals surface area contributed by atoms with Crippen LogP contribution in [0.15, 0.2) is 0 Å². The van der Waals surface area contributed by atoms with Gasteiger partial charge in [0.25, 0.3) is 0 Å². The molecule has 5 aliphatic rings. The molecular formula is C17H28N2O2. The fourth-order valence-electron chi connectivity index (χ4n) is 5.54. The number of nitrogens with two attached hydrogens (primary N) is 1. The predicted octanol–water partition coefficient (Wildman–Crippen LogP) is 1.71. The highest BCUT2D eigenvalue weighted by molar-refractivity contribution is 5.77. The largest absolute Gasteiger partial charge is 0.390 e. The molecule has 1 heterocycles. The second kappa shape index (κ2) is 4.45. The van der Waals surface area contributed by atoms with E-state index in [9.17, 15) is 9.90 Å². The number of amides is 1. The maximum Gasteiger partial charge on any atom is 0.220 e. The number of primary amides is 1. The van der Waals surface area contributed by atoms with Crippen LogP contribution >= 0.6 is 0 Å². The number of hydrogen-bond acceptors (Lipinski definition) is 3. The maximum atomic E-state index is 11.5. The molecule has 4 saturated carbocycles. The van der Waals surface area contributed by atoms with Gasteiger partial charge in [0.1, 0.15) is 0 Å². The zero-order valence-electron chi connectivity index (χ0n) is 12.9. The van der Waals surface area contributed by atoms with E-state index in [1.807, 2.05) is 0 Å². The molecular weight excluding hydrogens is 264 g/mol. The summed E-state index contributed by atoms with van der Waals surface area (Å²) in [7, 11) is 0. The summed E-state index contributed by atoms with van der Waals surface area (Å²) in [5.74, 6) is 0.695. The summed E-state index contributed by atoms with van der Waals surface area (Å²) in [6.45, 7) is 0.941. The minimum Gasteiger partial charge on any atom is -0.390 e. The molecule has 5 fully saturated rings. The Hall–Kier alpha value is -0.610. The molecule has 2 bridgehead atoms. The first-order valence-corrected chi connectivity index (χ1v) is 8.71. The van der Waals surface area contributed by atoms with E-state index < -0.39 is 0 Å². The fourth-order valence-corrected chi connectivity index (χ4v) is 5.54. The second-order valence-electron chi connectivity index (χ2n) is 8.50. The van der Waals surface area contributed by atoms with Crippen LogP contribution in [-0.4, -0.2) is 28.7 Å². The predicted molar refractivity (Wildman–Crippen MR) is 80.5 cm³/mol. The zero-order chi connectivity index (χ0) is 14.7. The Morgan fingerprint density at radius 1 is 1.14 bits per heavy atom. The van der Waals surface area contributed by atoms with Gasteiger partial charge in [-0.3, -0.25) is 4.79 Å². The van der Waals surface area contributed by atoms with E-state index in [-0.39, 0.29) is 23.0 Å². The summed E-state index contributed by atoms with van der Waals surface area (Å²) < 4.78 is 0. The molecule has 0 aromatic rings. The smallest absolute Gasteiger partial charge is 0.220 e. The Bertz CT molecular complexity index is 439. The van der Waals surface area contributed by atoms with E-state index in [2.05, 4.69) is 5.32 Å². The van der Waals surface area contributed by atoms with Gasteiger partial charge < -0.3 is 16.2 Å². The summed E-state index contributed by atoms with van der Waals surface area (Å²) in [5.41, 5.74) is 5.90. The lowest BCUT2D eigenvalue weighted by Crippen LogP contribution is -2.48. The van der Waals surface area contributed by atoms with Crippen LogP contribution in [0.1, 0.15) is 64.2 Å². The average Bonchev–Trinajstić information content (AvgIpc) is 3.11. The van der Waals surface area contributed by atoms with Gasteiger partial charge in [-0.1, -0.05) is 0 Å². The van der Waals surface area contributed by atoms with Gasteiger partial charge in [-0.2, -0.15) is 0 Å². The molecule has 4 nitrogen and oxygen atoms in total. The third-order valence-electron chi connectivity index (χ3n) is 7.26. The Kier molecular flexibility index (Phi) is 2.97. The monoisotopic (exact) mass is 292 g/mol. The van der Waals surface area contributed by atoms with E-state index in [0.29, 0.717) is 5.41 Å². The van der Waals surface area contributed by atoms with Crippen molar-refractivity contribution in [2.75, 3.05) is 6.54 Å². The summed E-state index contributed by atoms with van der Waals surface area (Å²) in [6, 6.07) is 0. The van der Waals surface area contributed by atoms with Gasteiger partial charge in [0.2, 0.25) is 5.91 Å². The van der Waals surface area contributed by atoms with Gasteiger partial charge in [-0.05, 0) is 82.1 Å². The van der Waals surface area contributed by atoms with Gasteiger partial charge in [0, 0.05) is 11.5 Å². The van der Waals surface area contributed by atoms with Crippen molar-refractivity contribution in [2.45, 2.75) is 75.3 Å². The Morgan fingerprint density at radius 3 is 2.43 bits per heavy atom. The number of carbonyl (C=O) groups excluding carboxylic acids is 1. The molecule has 0 radical (unpaired) electrons. The highest BCUT2D eigenvalue weighted by atomic mass is 16.3. The van der Waals surface area contributed by atoms with Gasteiger partial charge in [0.15, 0.2) is 0 Å². The molecule has 1 aliphatic heterocycles. The third-order valence-corrected chi connectivity index (χ3v) is 7.26. The van der Waals surface area contributed by atoms with E-state index in [0.717, 1.165) is 44.6 Å². The van der Waals surface area contributed by atoms with Crippen LogP contribution in [0.2, 0.25) is 0 Å². The molecule has 0 aromatic carbocycles. The Morgan fingerprint density at radius 2 is 1.81 bits per heavy atom. The van der Waals surface area contributed by atoms with Crippen LogP contribution < -0.4 is 11.1 Å². The SMILES string of the molecule is NC(=O)C1CCNC2(C1)CC2CC12CCC(O)(CC1)CC2. The Balaban J connectivity index is 1.40. The normalized spacial score (nSPS) is 52.0. The van der Waals surface area contributed by atoms with Crippen LogP contribution in [0.4, 0.5) is 0 Å². The highest BCUT2D eigenvalue weighted by Crippen LogP contribution is 2.61. The lowest BCUT2D eigenvalue weighted by Gasteiger charge is -2.51.